The summed E-state index contributed by atoms with van der Waals surface area (Å²) in [4.78, 5) is 22.5. The maximum Gasteiger partial charge on any atom is 0.351 e. The first-order valence-corrected chi connectivity index (χ1v) is 4.71. The molecule has 0 saturated carbocycles. The highest BCUT2D eigenvalue weighted by atomic mass is 16.4. The number of nitrogens with two attached hydrogens (primary N) is 1. The average Bonchev–Trinajstić information content (AvgIpc) is 2.28. The van der Waals surface area contributed by atoms with Crippen LogP contribution in [0, 0.1) is 5.92 Å². The Bertz CT molecular complexity index is 400. The van der Waals surface area contributed by atoms with Crippen molar-refractivity contribution in [3.8, 4) is 0 Å². The minimum atomic E-state index is -2.55. The lowest BCUT2D eigenvalue weighted by atomic mass is 9.90. The van der Waals surface area contributed by atoms with Crippen LogP contribution in [-0.4, -0.2) is 27.7 Å². The summed E-state index contributed by atoms with van der Waals surface area (Å²) in [5.74, 6) is -3.34. The van der Waals surface area contributed by atoms with Crippen molar-refractivity contribution in [2.24, 2.45) is 11.7 Å². The Labute approximate surface area is 92.5 Å². The summed E-state index contributed by atoms with van der Waals surface area (Å²) in [6.45, 7) is 1.28. The molecular formula is C11H13NO4. The molecule has 0 aliphatic carbocycles. The predicted octanol–water partition coefficient (Wildman–Crippen LogP) is 0.237. The van der Waals surface area contributed by atoms with Gasteiger partial charge in [0.15, 0.2) is 5.78 Å². The van der Waals surface area contributed by atoms with Crippen LogP contribution in [0.4, 0.5) is 0 Å². The lowest BCUT2D eigenvalue weighted by molar-refractivity contribution is -0.161. The Kier molecular flexibility index (Phi) is 3.41. The van der Waals surface area contributed by atoms with Crippen molar-refractivity contribution >= 4 is 11.8 Å². The van der Waals surface area contributed by atoms with E-state index in [1.54, 1.807) is 18.2 Å². The first kappa shape index (κ1) is 12.4. The highest BCUT2D eigenvalue weighted by Crippen LogP contribution is 2.17. The maximum atomic E-state index is 11.8. The molecule has 0 fully saturated rings. The molecule has 0 amide bonds. The van der Waals surface area contributed by atoms with E-state index in [-0.39, 0.29) is 0 Å². The van der Waals surface area contributed by atoms with Gasteiger partial charge in [0, 0.05) is 5.56 Å². The summed E-state index contributed by atoms with van der Waals surface area (Å²) in [5.41, 5.74) is 2.95. The van der Waals surface area contributed by atoms with Crippen LogP contribution in [0.1, 0.15) is 17.3 Å². The lowest BCUT2D eigenvalue weighted by Crippen LogP contribution is -2.55. The van der Waals surface area contributed by atoms with Gasteiger partial charge < -0.3 is 10.2 Å². The molecule has 0 heterocycles. The van der Waals surface area contributed by atoms with E-state index < -0.39 is 23.4 Å². The van der Waals surface area contributed by atoms with Crippen LogP contribution >= 0.6 is 0 Å². The smallest absolute Gasteiger partial charge is 0.351 e. The van der Waals surface area contributed by atoms with Crippen LogP contribution in [0.5, 0.6) is 0 Å². The van der Waals surface area contributed by atoms with Gasteiger partial charge in [-0.25, -0.2) is 4.79 Å². The second kappa shape index (κ2) is 4.42. The summed E-state index contributed by atoms with van der Waals surface area (Å²) in [6.07, 6.45) is 0. The zero-order valence-electron chi connectivity index (χ0n) is 8.75. The molecule has 16 heavy (non-hydrogen) atoms. The second-order valence-electron chi connectivity index (χ2n) is 3.58. The summed E-state index contributed by atoms with van der Waals surface area (Å²) >= 11 is 0. The summed E-state index contributed by atoms with van der Waals surface area (Å²) in [7, 11) is 0. The van der Waals surface area contributed by atoms with E-state index in [9.17, 15) is 14.7 Å². The molecule has 0 radical (unpaired) electrons. The molecule has 86 valence electrons. The zero-order valence-corrected chi connectivity index (χ0v) is 8.75. The number of carboxylic acids is 1. The number of ketones is 1. The molecule has 2 atom stereocenters. The third-order valence-electron chi connectivity index (χ3n) is 2.45. The second-order valence-corrected chi connectivity index (χ2v) is 3.58. The molecule has 2 unspecified atom stereocenters. The van der Waals surface area contributed by atoms with Gasteiger partial charge in [0.25, 0.3) is 0 Å². The van der Waals surface area contributed by atoms with Gasteiger partial charge in [-0.3, -0.25) is 10.5 Å². The number of carboxylic acid groups (broad SMARTS) is 1. The summed E-state index contributed by atoms with van der Waals surface area (Å²) < 4.78 is 0. The minimum Gasteiger partial charge on any atom is -0.478 e. The van der Waals surface area contributed by atoms with E-state index in [1.165, 1.54) is 19.1 Å². The van der Waals surface area contributed by atoms with Crippen LogP contribution < -0.4 is 5.73 Å². The van der Waals surface area contributed by atoms with Crippen LogP contribution in [-0.2, 0) is 4.79 Å². The predicted molar refractivity (Wildman–Crippen MR) is 56.7 cm³/mol. The van der Waals surface area contributed by atoms with Crippen LogP contribution in [0.15, 0.2) is 30.3 Å². The number of Topliss-reactive ketones (excluding diaryl/α,β-unsaturated/α-hetero) is 1. The van der Waals surface area contributed by atoms with Gasteiger partial charge in [0.1, 0.15) is 0 Å². The highest BCUT2D eigenvalue weighted by Gasteiger charge is 2.41. The molecule has 1 aromatic carbocycles. The van der Waals surface area contributed by atoms with Crippen LogP contribution in [0.25, 0.3) is 0 Å². The fourth-order valence-corrected chi connectivity index (χ4v) is 1.24. The molecule has 5 nitrogen and oxygen atoms in total. The van der Waals surface area contributed by atoms with E-state index >= 15 is 0 Å². The Morgan fingerprint density at radius 1 is 1.31 bits per heavy atom. The average molecular weight is 223 g/mol. The van der Waals surface area contributed by atoms with E-state index in [0.29, 0.717) is 5.56 Å². The third kappa shape index (κ3) is 2.26. The molecular weight excluding hydrogens is 210 g/mol. The standard InChI is InChI=1S/C11H13NO4/c1-7(11(12,16)10(14)15)9(13)8-5-3-2-4-6-8/h2-7,16H,12H2,1H3,(H,14,15). The normalized spacial score (nSPS) is 16.2. The Hall–Kier alpha value is -1.72. The number of aliphatic carboxylic acids is 1. The molecule has 0 bridgehead atoms. The molecule has 5 heteroatoms. The van der Waals surface area contributed by atoms with Gasteiger partial charge in [0.2, 0.25) is 5.72 Å². The molecule has 1 aromatic rings. The summed E-state index contributed by atoms with van der Waals surface area (Å²) in [6, 6.07) is 8.10. The molecule has 4 N–H and O–H groups in total. The van der Waals surface area contributed by atoms with Crippen molar-refractivity contribution < 1.29 is 19.8 Å². The number of rotatable bonds is 4. The van der Waals surface area contributed by atoms with Crippen LogP contribution in [0.3, 0.4) is 0 Å². The van der Waals surface area contributed by atoms with Gasteiger partial charge in [-0.15, -0.1) is 0 Å². The first-order valence-electron chi connectivity index (χ1n) is 4.71. The largest absolute Gasteiger partial charge is 0.478 e. The monoisotopic (exact) mass is 223 g/mol. The number of hydrogen-bond acceptors (Lipinski definition) is 4. The minimum absolute atomic E-state index is 0.320. The van der Waals surface area contributed by atoms with Crippen molar-refractivity contribution in [3.63, 3.8) is 0 Å². The highest BCUT2D eigenvalue weighted by molar-refractivity contribution is 6.01. The number of benzene rings is 1. The van der Waals surface area contributed by atoms with Gasteiger partial charge >= 0.3 is 5.97 Å². The fraction of sp³-hybridized carbons (Fsp3) is 0.273. The Morgan fingerprint density at radius 2 is 1.81 bits per heavy atom. The molecule has 0 saturated heterocycles. The fourth-order valence-electron chi connectivity index (χ4n) is 1.24. The van der Waals surface area contributed by atoms with E-state index in [1.807, 2.05) is 0 Å². The number of carbonyl (C=O) groups excluding carboxylic acids is 1. The van der Waals surface area contributed by atoms with Crippen molar-refractivity contribution in [2.75, 3.05) is 0 Å². The van der Waals surface area contributed by atoms with Crippen molar-refractivity contribution in [1.29, 1.82) is 0 Å². The SMILES string of the molecule is CC(C(=O)c1ccccc1)C(N)(O)C(=O)O. The van der Waals surface area contributed by atoms with E-state index in [0.717, 1.165) is 0 Å². The Morgan fingerprint density at radius 3 is 2.25 bits per heavy atom. The lowest BCUT2D eigenvalue weighted by Gasteiger charge is -2.24. The summed E-state index contributed by atoms with van der Waals surface area (Å²) in [5, 5.41) is 18.1. The molecule has 0 aliphatic heterocycles. The van der Waals surface area contributed by atoms with E-state index in [2.05, 4.69) is 0 Å². The topological polar surface area (TPSA) is 101 Å². The number of hydrogen-bond donors (Lipinski definition) is 3. The van der Waals surface area contributed by atoms with Crippen molar-refractivity contribution in [2.45, 2.75) is 12.6 Å². The number of carbonyl (C=O) groups is 2. The van der Waals surface area contributed by atoms with Crippen LogP contribution in [0.2, 0.25) is 0 Å². The zero-order chi connectivity index (χ0) is 12.3. The number of aliphatic hydroxyl groups is 1. The van der Waals surface area contributed by atoms with Gasteiger partial charge in [-0.1, -0.05) is 37.3 Å². The maximum absolute atomic E-state index is 11.8. The first-order chi connectivity index (χ1) is 7.37. The molecule has 0 aromatic heterocycles. The molecule has 0 aliphatic rings. The Balaban J connectivity index is 2.96. The van der Waals surface area contributed by atoms with Gasteiger partial charge in [-0.05, 0) is 0 Å². The van der Waals surface area contributed by atoms with E-state index in [4.69, 9.17) is 10.8 Å². The third-order valence-corrected chi connectivity index (χ3v) is 2.45. The molecule has 0 spiro atoms. The quantitative estimate of drug-likeness (QED) is 0.501. The van der Waals surface area contributed by atoms with Crippen molar-refractivity contribution in [3.05, 3.63) is 35.9 Å². The van der Waals surface area contributed by atoms with Gasteiger partial charge in [-0.2, -0.15) is 0 Å². The van der Waals surface area contributed by atoms with Gasteiger partial charge in [0.05, 0.1) is 5.92 Å². The van der Waals surface area contributed by atoms with Crippen molar-refractivity contribution in [1.82, 2.24) is 0 Å². The molecule has 1 rings (SSSR count).